The molecule has 0 amide bonds. The van der Waals surface area contributed by atoms with Gasteiger partial charge in [0.1, 0.15) is 0 Å². The number of benzene rings is 2. The fourth-order valence-electron chi connectivity index (χ4n) is 2.56. The number of hydrogen-bond acceptors (Lipinski definition) is 5. The molecular weight excluding hydrogens is 498 g/mol. The van der Waals surface area contributed by atoms with Crippen molar-refractivity contribution in [3.63, 3.8) is 0 Å². The molecule has 4 N–H and O–H groups in total. The van der Waals surface area contributed by atoms with Crippen LogP contribution in [0.1, 0.15) is 6.92 Å². The lowest BCUT2D eigenvalue weighted by Gasteiger charge is -2.25. The van der Waals surface area contributed by atoms with E-state index in [-0.39, 0.29) is 16.4 Å². The molecular formula is C19H21Cl2N4O3PS2. The van der Waals surface area contributed by atoms with Crippen LogP contribution in [0.2, 0.25) is 10.0 Å². The standard InChI is InChI=1S/C19H21Cl2N4O3PS2/c1-12(17(26)28-2)11-29(27,24-18(30)22-15-7-3-5-13(20)9-15)25-19(31)23-16-8-4-6-14(21)10-16/h3-10,12H,11H2,1-2H3,(H4,22,23,24,25,27,30,31)/t12-/m0/s1. The molecule has 0 spiro atoms. The predicted octanol–water partition coefficient (Wildman–Crippen LogP) is 5.27. The number of thiocarbonyl (C=S) groups is 2. The average Bonchev–Trinajstić information content (AvgIpc) is 2.66. The molecule has 0 heterocycles. The Labute approximate surface area is 201 Å². The van der Waals surface area contributed by atoms with Gasteiger partial charge in [0.05, 0.1) is 19.2 Å². The fourth-order valence-corrected chi connectivity index (χ4v) is 5.99. The van der Waals surface area contributed by atoms with Crippen molar-refractivity contribution < 1.29 is 14.1 Å². The number of rotatable bonds is 7. The van der Waals surface area contributed by atoms with E-state index in [1.54, 1.807) is 55.5 Å². The van der Waals surface area contributed by atoms with E-state index in [1.807, 2.05) is 0 Å². The van der Waals surface area contributed by atoms with Crippen LogP contribution in [0.25, 0.3) is 0 Å². The van der Waals surface area contributed by atoms with Crippen molar-refractivity contribution in [2.45, 2.75) is 6.92 Å². The SMILES string of the molecule is COC(=O)[C@@H](C)CP(=O)(NC(=S)Nc1cccc(Cl)c1)NC(=S)Nc1cccc(Cl)c1. The average molecular weight is 519 g/mol. The van der Waals surface area contributed by atoms with Gasteiger partial charge in [-0.2, -0.15) is 0 Å². The summed E-state index contributed by atoms with van der Waals surface area (Å²) in [4.78, 5) is 11.9. The van der Waals surface area contributed by atoms with Gasteiger partial charge in [0.25, 0.3) is 7.44 Å². The summed E-state index contributed by atoms with van der Waals surface area (Å²) in [5.74, 6) is -1.19. The van der Waals surface area contributed by atoms with Crippen LogP contribution in [-0.4, -0.2) is 29.5 Å². The third kappa shape index (κ3) is 8.63. The van der Waals surface area contributed by atoms with Gasteiger partial charge in [-0.1, -0.05) is 42.3 Å². The molecule has 0 saturated carbocycles. The first-order valence-corrected chi connectivity index (χ1v) is 12.4. The number of ether oxygens (including phenoxy) is 1. The van der Waals surface area contributed by atoms with E-state index in [1.165, 1.54) is 7.11 Å². The highest BCUT2D eigenvalue weighted by molar-refractivity contribution is 7.82. The summed E-state index contributed by atoms with van der Waals surface area (Å²) in [6.07, 6.45) is -0.103. The van der Waals surface area contributed by atoms with Gasteiger partial charge in [0, 0.05) is 21.4 Å². The van der Waals surface area contributed by atoms with Crippen LogP contribution in [0.3, 0.4) is 0 Å². The summed E-state index contributed by atoms with van der Waals surface area (Å²) in [7, 11) is -2.26. The molecule has 0 saturated heterocycles. The van der Waals surface area contributed by atoms with E-state index < -0.39 is 19.3 Å². The molecule has 0 fully saturated rings. The second-order valence-electron chi connectivity index (χ2n) is 6.50. The summed E-state index contributed by atoms with van der Waals surface area (Å²) in [5.41, 5.74) is 1.22. The molecule has 0 aliphatic heterocycles. The van der Waals surface area contributed by atoms with Crippen molar-refractivity contribution in [1.82, 2.24) is 10.2 Å². The lowest BCUT2D eigenvalue weighted by Crippen LogP contribution is -2.38. The van der Waals surface area contributed by atoms with E-state index in [0.717, 1.165) is 0 Å². The molecule has 2 aromatic carbocycles. The first-order chi connectivity index (χ1) is 14.6. The van der Waals surface area contributed by atoms with Gasteiger partial charge in [0.2, 0.25) is 0 Å². The minimum absolute atomic E-state index is 0.0701. The molecule has 2 rings (SSSR count). The fraction of sp³-hybridized carbons (Fsp3) is 0.211. The number of carbonyl (C=O) groups is 1. The van der Waals surface area contributed by atoms with Crippen molar-refractivity contribution in [2.75, 3.05) is 23.9 Å². The summed E-state index contributed by atoms with van der Waals surface area (Å²) in [5, 5.41) is 12.5. The maximum atomic E-state index is 13.6. The lowest BCUT2D eigenvalue weighted by atomic mass is 10.2. The third-order valence-electron chi connectivity index (χ3n) is 3.86. The van der Waals surface area contributed by atoms with E-state index >= 15 is 0 Å². The van der Waals surface area contributed by atoms with Gasteiger partial charge in [-0.25, -0.2) is 0 Å². The van der Waals surface area contributed by atoms with Crippen molar-refractivity contribution in [3.05, 3.63) is 58.6 Å². The van der Waals surface area contributed by atoms with Crippen LogP contribution in [0.4, 0.5) is 11.4 Å². The highest BCUT2D eigenvalue weighted by Crippen LogP contribution is 2.39. The number of carbonyl (C=O) groups excluding carboxylic acids is 1. The monoisotopic (exact) mass is 518 g/mol. The molecule has 7 nitrogen and oxygen atoms in total. The minimum atomic E-state index is -3.53. The number of nitrogens with one attached hydrogen (secondary N) is 4. The number of hydrogen-bond donors (Lipinski definition) is 4. The molecule has 1 atom stereocenters. The van der Waals surface area contributed by atoms with E-state index in [4.69, 9.17) is 52.4 Å². The third-order valence-corrected chi connectivity index (χ3v) is 7.28. The van der Waals surface area contributed by atoms with Crippen LogP contribution < -0.4 is 20.8 Å². The quantitative estimate of drug-likeness (QED) is 0.222. The van der Waals surface area contributed by atoms with Crippen LogP contribution >= 0.6 is 55.1 Å². The Kier molecular flexibility index (Phi) is 9.53. The topological polar surface area (TPSA) is 91.5 Å². The number of anilines is 2. The zero-order valence-electron chi connectivity index (χ0n) is 16.6. The Bertz CT molecular complexity index is 960. The second-order valence-corrected chi connectivity index (χ2v) is 10.5. The van der Waals surface area contributed by atoms with E-state index in [9.17, 15) is 9.36 Å². The lowest BCUT2D eigenvalue weighted by molar-refractivity contribution is -0.144. The smallest absolute Gasteiger partial charge is 0.308 e. The highest BCUT2D eigenvalue weighted by Gasteiger charge is 2.30. The van der Waals surface area contributed by atoms with Gasteiger partial charge >= 0.3 is 5.97 Å². The predicted molar refractivity (Wildman–Crippen MR) is 135 cm³/mol. The Morgan fingerprint density at radius 3 is 1.84 bits per heavy atom. The normalized spacial score (nSPS) is 11.7. The molecule has 12 heteroatoms. The van der Waals surface area contributed by atoms with Gasteiger partial charge in [-0.15, -0.1) is 0 Å². The first kappa shape index (κ1) is 25.4. The first-order valence-electron chi connectivity index (χ1n) is 8.97. The van der Waals surface area contributed by atoms with Crippen molar-refractivity contribution in [1.29, 1.82) is 0 Å². The Balaban J connectivity index is 2.15. The Morgan fingerprint density at radius 2 is 1.45 bits per heavy atom. The molecule has 0 bridgehead atoms. The summed E-state index contributed by atoms with van der Waals surface area (Å²) in [6, 6.07) is 13.7. The van der Waals surface area contributed by atoms with Crippen molar-refractivity contribution in [3.8, 4) is 0 Å². The molecule has 0 radical (unpaired) electrons. The highest BCUT2D eigenvalue weighted by atomic mass is 35.5. The summed E-state index contributed by atoms with van der Waals surface area (Å²) >= 11 is 22.6. The van der Waals surface area contributed by atoms with Gasteiger partial charge in [-0.3, -0.25) is 19.5 Å². The largest absolute Gasteiger partial charge is 0.469 e. The minimum Gasteiger partial charge on any atom is -0.469 e. The van der Waals surface area contributed by atoms with Crippen LogP contribution in [0.15, 0.2) is 48.5 Å². The zero-order chi connectivity index (χ0) is 23.0. The maximum Gasteiger partial charge on any atom is 0.308 e. The summed E-state index contributed by atoms with van der Waals surface area (Å²) < 4.78 is 18.4. The van der Waals surface area contributed by atoms with E-state index in [0.29, 0.717) is 21.4 Å². The zero-order valence-corrected chi connectivity index (χ0v) is 20.7. The van der Waals surface area contributed by atoms with Crippen molar-refractivity contribution >= 4 is 82.6 Å². The van der Waals surface area contributed by atoms with E-state index in [2.05, 4.69) is 20.8 Å². The van der Waals surface area contributed by atoms with Crippen LogP contribution in [0, 0.1) is 5.92 Å². The number of methoxy groups -OCH3 is 1. The van der Waals surface area contributed by atoms with Gasteiger partial charge in [0.15, 0.2) is 10.2 Å². The molecule has 31 heavy (non-hydrogen) atoms. The molecule has 0 aromatic heterocycles. The van der Waals surface area contributed by atoms with Crippen molar-refractivity contribution in [2.24, 2.45) is 5.92 Å². The molecule has 0 aliphatic rings. The molecule has 2 aromatic rings. The molecule has 166 valence electrons. The number of halogens is 2. The second kappa shape index (κ2) is 11.6. The molecule has 0 unspecified atom stereocenters. The van der Waals surface area contributed by atoms with Crippen LogP contribution in [-0.2, 0) is 14.1 Å². The van der Waals surface area contributed by atoms with Gasteiger partial charge in [-0.05, 0) is 60.8 Å². The molecule has 0 aliphatic carbocycles. The van der Waals surface area contributed by atoms with Gasteiger partial charge < -0.3 is 15.4 Å². The maximum absolute atomic E-state index is 13.6. The number of esters is 1. The Hall–Kier alpha value is -1.90. The summed E-state index contributed by atoms with van der Waals surface area (Å²) in [6.45, 7) is 1.60. The Morgan fingerprint density at radius 1 is 1.00 bits per heavy atom. The van der Waals surface area contributed by atoms with Crippen LogP contribution in [0.5, 0.6) is 0 Å².